The van der Waals surface area contributed by atoms with E-state index in [-0.39, 0.29) is 17.5 Å². The number of ether oxygens (including phenoxy) is 1. The fourth-order valence-electron chi connectivity index (χ4n) is 2.21. The van der Waals surface area contributed by atoms with E-state index < -0.39 is 4.92 Å². The first-order valence-corrected chi connectivity index (χ1v) is 7.43. The molecule has 0 aliphatic carbocycles. The van der Waals surface area contributed by atoms with E-state index in [9.17, 15) is 15.2 Å². The van der Waals surface area contributed by atoms with Crippen molar-refractivity contribution in [3.63, 3.8) is 0 Å². The zero-order valence-corrected chi connectivity index (χ0v) is 13.2. The Bertz CT molecular complexity index is 671. The number of nitro groups is 1. The lowest BCUT2D eigenvalue weighted by atomic mass is 10.1. The average Bonchev–Trinajstić information content (AvgIpc) is 2.55. The van der Waals surface area contributed by atoms with Gasteiger partial charge in [-0.2, -0.15) is 0 Å². The molecule has 0 aromatic heterocycles. The number of phenols is 1. The quantitative estimate of drug-likeness (QED) is 0.603. The fraction of sp³-hybridized carbons (Fsp3) is 0.294. The largest absolute Gasteiger partial charge is 0.504 e. The van der Waals surface area contributed by atoms with Crippen molar-refractivity contribution in [2.45, 2.75) is 26.4 Å². The zero-order valence-electron chi connectivity index (χ0n) is 13.2. The van der Waals surface area contributed by atoms with Crippen molar-refractivity contribution in [3.05, 3.63) is 63.7 Å². The van der Waals surface area contributed by atoms with Gasteiger partial charge in [-0.3, -0.25) is 10.1 Å². The number of hydrogen-bond acceptors (Lipinski definition) is 5. The molecule has 2 aromatic rings. The van der Waals surface area contributed by atoms with Crippen molar-refractivity contribution in [1.82, 2.24) is 5.32 Å². The summed E-state index contributed by atoms with van der Waals surface area (Å²) in [6.07, 6.45) is 0. The fourth-order valence-corrected chi connectivity index (χ4v) is 2.21. The topological polar surface area (TPSA) is 84.6 Å². The first kappa shape index (κ1) is 16.8. The van der Waals surface area contributed by atoms with Crippen LogP contribution >= 0.6 is 0 Å². The van der Waals surface area contributed by atoms with Gasteiger partial charge in [-0.25, -0.2) is 0 Å². The second-order valence-corrected chi connectivity index (χ2v) is 5.19. The average molecular weight is 316 g/mol. The third-order valence-corrected chi connectivity index (χ3v) is 3.54. The van der Waals surface area contributed by atoms with Gasteiger partial charge in [0.05, 0.1) is 11.5 Å². The van der Waals surface area contributed by atoms with Crippen LogP contribution in [0.5, 0.6) is 11.5 Å². The Balaban J connectivity index is 1.99. The molecular formula is C17H20N2O4. The molecule has 0 spiro atoms. The highest BCUT2D eigenvalue weighted by atomic mass is 16.6. The number of phenolic OH excluding ortho intramolecular Hbond substituents is 1. The molecule has 0 heterocycles. The number of hydrogen-bond donors (Lipinski definition) is 2. The van der Waals surface area contributed by atoms with Crippen LogP contribution in [0.15, 0.2) is 42.5 Å². The van der Waals surface area contributed by atoms with E-state index in [1.54, 1.807) is 24.3 Å². The van der Waals surface area contributed by atoms with E-state index >= 15 is 0 Å². The van der Waals surface area contributed by atoms with Crippen molar-refractivity contribution in [2.75, 3.05) is 6.61 Å². The first-order chi connectivity index (χ1) is 11.0. The third kappa shape index (κ3) is 4.43. The van der Waals surface area contributed by atoms with E-state index in [4.69, 9.17) is 4.74 Å². The molecule has 1 atom stereocenters. The van der Waals surface area contributed by atoms with Crippen molar-refractivity contribution < 1.29 is 14.8 Å². The zero-order chi connectivity index (χ0) is 16.8. The monoisotopic (exact) mass is 316 g/mol. The van der Waals surface area contributed by atoms with E-state index in [2.05, 4.69) is 5.32 Å². The third-order valence-electron chi connectivity index (χ3n) is 3.54. The van der Waals surface area contributed by atoms with Gasteiger partial charge < -0.3 is 15.2 Å². The summed E-state index contributed by atoms with van der Waals surface area (Å²) in [6, 6.07) is 11.8. The summed E-state index contributed by atoms with van der Waals surface area (Å²) in [5.41, 5.74) is 2.04. The van der Waals surface area contributed by atoms with Crippen LogP contribution in [0.3, 0.4) is 0 Å². The van der Waals surface area contributed by atoms with Crippen LogP contribution in [0.1, 0.15) is 31.0 Å². The SMILES string of the molecule is CCOc1cc(CN[C@H](C)c2ccc([N+](=O)[O-])cc2)ccc1O. The summed E-state index contributed by atoms with van der Waals surface area (Å²) in [7, 11) is 0. The number of non-ortho nitro benzene ring substituents is 1. The summed E-state index contributed by atoms with van der Waals surface area (Å²) >= 11 is 0. The predicted octanol–water partition coefficient (Wildman–Crippen LogP) is 3.55. The second kappa shape index (κ2) is 7.60. The molecule has 0 aliphatic rings. The highest BCUT2D eigenvalue weighted by molar-refractivity contribution is 5.42. The predicted molar refractivity (Wildman–Crippen MR) is 87.6 cm³/mol. The van der Waals surface area contributed by atoms with Crippen molar-refractivity contribution >= 4 is 5.69 Å². The van der Waals surface area contributed by atoms with Gasteiger partial charge >= 0.3 is 0 Å². The van der Waals surface area contributed by atoms with Gasteiger partial charge in [0.2, 0.25) is 0 Å². The van der Waals surface area contributed by atoms with E-state index in [1.807, 2.05) is 19.9 Å². The maximum absolute atomic E-state index is 10.7. The lowest BCUT2D eigenvalue weighted by Crippen LogP contribution is -2.18. The molecule has 2 aromatic carbocycles. The van der Waals surface area contributed by atoms with Crippen LogP contribution in [0.4, 0.5) is 5.69 Å². The maximum atomic E-state index is 10.7. The standard InChI is InChI=1S/C17H20N2O4/c1-3-23-17-10-13(4-9-16(17)20)11-18-12(2)14-5-7-15(8-6-14)19(21)22/h4-10,12,18,20H,3,11H2,1-2H3/t12-/m1/s1. The minimum atomic E-state index is -0.409. The molecule has 0 amide bonds. The number of rotatable bonds is 7. The van der Waals surface area contributed by atoms with Gasteiger partial charge in [-0.1, -0.05) is 18.2 Å². The second-order valence-electron chi connectivity index (χ2n) is 5.19. The number of benzene rings is 2. The van der Waals surface area contributed by atoms with Crippen molar-refractivity contribution in [1.29, 1.82) is 0 Å². The lowest BCUT2D eigenvalue weighted by Gasteiger charge is -2.15. The lowest BCUT2D eigenvalue weighted by molar-refractivity contribution is -0.384. The Kier molecular flexibility index (Phi) is 5.54. The number of nitrogens with zero attached hydrogens (tertiary/aromatic N) is 1. The van der Waals surface area contributed by atoms with Gasteiger partial charge in [0, 0.05) is 24.7 Å². The van der Waals surface area contributed by atoms with Crippen molar-refractivity contribution in [3.8, 4) is 11.5 Å². The van der Waals surface area contributed by atoms with Crippen LogP contribution < -0.4 is 10.1 Å². The minimum absolute atomic E-state index is 0.0418. The Labute approximate surface area is 134 Å². The number of aromatic hydroxyl groups is 1. The smallest absolute Gasteiger partial charge is 0.269 e. The summed E-state index contributed by atoms with van der Waals surface area (Å²) < 4.78 is 5.36. The molecule has 0 bridgehead atoms. The molecule has 2 N–H and O–H groups in total. The molecule has 0 radical (unpaired) electrons. The molecule has 23 heavy (non-hydrogen) atoms. The highest BCUT2D eigenvalue weighted by Gasteiger charge is 2.09. The molecule has 0 saturated heterocycles. The van der Waals surface area contributed by atoms with Crippen LogP contribution in [-0.4, -0.2) is 16.6 Å². The molecule has 0 saturated carbocycles. The summed E-state index contributed by atoms with van der Waals surface area (Å²) in [4.78, 5) is 10.3. The van der Waals surface area contributed by atoms with Crippen LogP contribution in [-0.2, 0) is 6.54 Å². The molecule has 122 valence electrons. The maximum Gasteiger partial charge on any atom is 0.269 e. The van der Waals surface area contributed by atoms with Gasteiger partial charge in [-0.15, -0.1) is 0 Å². The van der Waals surface area contributed by atoms with Gasteiger partial charge in [-0.05, 0) is 37.1 Å². The highest BCUT2D eigenvalue weighted by Crippen LogP contribution is 2.27. The minimum Gasteiger partial charge on any atom is -0.504 e. The van der Waals surface area contributed by atoms with Gasteiger partial charge in [0.1, 0.15) is 0 Å². The van der Waals surface area contributed by atoms with Gasteiger partial charge in [0.15, 0.2) is 11.5 Å². The normalized spacial score (nSPS) is 11.9. The molecular weight excluding hydrogens is 296 g/mol. The van der Waals surface area contributed by atoms with E-state index in [1.165, 1.54) is 12.1 Å². The number of nitro benzene ring substituents is 1. The Hall–Kier alpha value is -2.60. The Morgan fingerprint density at radius 2 is 1.96 bits per heavy atom. The molecule has 0 fully saturated rings. The first-order valence-electron chi connectivity index (χ1n) is 7.43. The van der Waals surface area contributed by atoms with E-state index in [0.717, 1.165) is 11.1 Å². The summed E-state index contributed by atoms with van der Waals surface area (Å²) in [6.45, 7) is 4.94. The molecule has 6 heteroatoms. The Morgan fingerprint density at radius 1 is 1.26 bits per heavy atom. The van der Waals surface area contributed by atoms with Crippen LogP contribution in [0.25, 0.3) is 0 Å². The molecule has 6 nitrogen and oxygen atoms in total. The van der Waals surface area contributed by atoms with Gasteiger partial charge in [0.25, 0.3) is 5.69 Å². The van der Waals surface area contributed by atoms with E-state index in [0.29, 0.717) is 18.9 Å². The van der Waals surface area contributed by atoms with Crippen LogP contribution in [0.2, 0.25) is 0 Å². The Morgan fingerprint density at radius 3 is 2.57 bits per heavy atom. The summed E-state index contributed by atoms with van der Waals surface area (Å²) in [5, 5.41) is 23.7. The van der Waals surface area contributed by atoms with Crippen molar-refractivity contribution in [2.24, 2.45) is 0 Å². The number of nitrogens with one attached hydrogen (secondary N) is 1. The molecule has 2 rings (SSSR count). The summed E-state index contributed by atoms with van der Waals surface area (Å²) in [5.74, 6) is 0.591. The van der Waals surface area contributed by atoms with Crippen LogP contribution in [0, 0.1) is 10.1 Å². The molecule has 0 aliphatic heterocycles. The molecule has 0 unspecified atom stereocenters.